The van der Waals surface area contributed by atoms with E-state index in [2.05, 4.69) is 0 Å². The first-order valence-electron chi connectivity index (χ1n) is 10.4. The highest BCUT2D eigenvalue weighted by atomic mass is 19.2. The number of halogens is 8. The zero-order chi connectivity index (χ0) is 27.7. The lowest BCUT2D eigenvalue weighted by Crippen LogP contribution is -2.09. The molecule has 0 amide bonds. The summed E-state index contributed by atoms with van der Waals surface area (Å²) in [6.07, 6.45) is 0. The van der Waals surface area contributed by atoms with Crippen molar-refractivity contribution in [3.8, 4) is 45.6 Å². The largest absolute Gasteiger partial charge is 0.497 e. The van der Waals surface area contributed by atoms with Gasteiger partial charge in [0.2, 0.25) is 34.8 Å². The topological polar surface area (TPSA) is 36.9 Å². The lowest BCUT2D eigenvalue weighted by molar-refractivity contribution is 0.357. The normalized spacial score (nSPS) is 10.9. The number of rotatable bonds is 7. The molecule has 4 aromatic rings. The second-order valence-electron chi connectivity index (χ2n) is 7.48. The first-order chi connectivity index (χ1) is 18.1. The van der Waals surface area contributed by atoms with Gasteiger partial charge in [0.05, 0.1) is 25.3 Å². The molecule has 0 N–H and O–H groups in total. The Morgan fingerprint density at radius 3 is 1.00 bits per heavy atom. The van der Waals surface area contributed by atoms with E-state index < -0.39 is 69.2 Å². The maximum Gasteiger partial charge on any atom is 0.205 e. The van der Waals surface area contributed by atoms with Gasteiger partial charge in [-0.3, -0.25) is 0 Å². The summed E-state index contributed by atoms with van der Waals surface area (Å²) in [5.41, 5.74) is -4.09. The van der Waals surface area contributed by atoms with Gasteiger partial charge >= 0.3 is 0 Å². The fraction of sp³-hybridized carbons (Fsp3) is 0.0769. The summed E-state index contributed by atoms with van der Waals surface area (Å²) in [5.74, 6) is -21.9. The Kier molecular flexibility index (Phi) is 7.33. The monoisotopic (exact) mass is 542 g/mol. The van der Waals surface area contributed by atoms with Crippen molar-refractivity contribution in [3.05, 3.63) is 95.1 Å². The van der Waals surface area contributed by atoms with Crippen LogP contribution in [0.2, 0.25) is 0 Å². The summed E-state index contributed by atoms with van der Waals surface area (Å²) >= 11 is 0. The Morgan fingerprint density at radius 2 is 0.711 bits per heavy atom. The summed E-state index contributed by atoms with van der Waals surface area (Å²) in [6, 6.07) is 10.1. The molecule has 12 heteroatoms. The Bertz CT molecular complexity index is 1370. The van der Waals surface area contributed by atoms with Crippen molar-refractivity contribution in [3.63, 3.8) is 0 Å². The first-order valence-corrected chi connectivity index (χ1v) is 10.4. The minimum Gasteiger partial charge on any atom is -0.497 e. The van der Waals surface area contributed by atoms with E-state index in [-0.39, 0.29) is 23.0 Å². The number of benzene rings is 4. The molecular weight excluding hydrogens is 528 g/mol. The Morgan fingerprint density at radius 1 is 0.421 bits per heavy atom. The minimum absolute atomic E-state index is 0.159. The molecule has 0 saturated carbocycles. The van der Waals surface area contributed by atoms with E-state index in [9.17, 15) is 35.1 Å². The lowest BCUT2D eigenvalue weighted by atomic mass is 10.0. The molecule has 0 aliphatic heterocycles. The van der Waals surface area contributed by atoms with E-state index >= 15 is 0 Å². The van der Waals surface area contributed by atoms with Crippen LogP contribution in [0, 0.1) is 46.5 Å². The van der Waals surface area contributed by atoms with E-state index in [0.717, 1.165) is 24.3 Å². The number of hydrogen-bond acceptors (Lipinski definition) is 4. The SMILES string of the molecule is COc1cccc(Oc2c(F)c(F)c(-c3c(F)c(F)c(Oc4cccc(OC)c4)c(F)c3F)c(F)c2F)c1. The van der Waals surface area contributed by atoms with Gasteiger partial charge in [0.15, 0.2) is 23.3 Å². The van der Waals surface area contributed by atoms with Crippen molar-refractivity contribution in [2.24, 2.45) is 0 Å². The fourth-order valence-corrected chi connectivity index (χ4v) is 3.41. The molecule has 38 heavy (non-hydrogen) atoms. The highest BCUT2D eigenvalue weighted by molar-refractivity contribution is 5.69. The molecule has 0 atom stereocenters. The fourth-order valence-electron chi connectivity index (χ4n) is 3.41. The molecule has 0 heterocycles. The van der Waals surface area contributed by atoms with Gasteiger partial charge in [0.25, 0.3) is 0 Å². The van der Waals surface area contributed by atoms with Crippen molar-refractivity contribution >= 4 is 0 Å². The molecule has 4 rings (SSSR count). The maximum atomic E-state index is 14.9. The van der Waals surface area contributed by atoms with Crippen LogP contribution in [0.4, 0.5) is 35.1 Å². The van der Waals surface area contributed by atoms with Crippen LogP contribution in [0.1, 0.15) is 0 Å². The summed E-state index contributed by atoms with van der Waals surface area (Å²) in [6.45, 7) is 0. The van der Waals surface area contributed by atoms with Gasteiger partial charge in [-0.25, -0.2) is 17.6 Å². The van der Waals surface area contributed by atoms with Gasteiger partial charge in [0.1, 0.15) is 23.0 Å². The maximum absolute atomic E-state index is 14.9. The van der Waals surface area contributed by atoms with Gasteiger partial charge in [-0.1, -0.05) is 12.1 Å². The van der Waals surface area contributed by atoms with Crippen LogP contribution >= 0.6 is 0 Å². The second kappa shape index (κ2) is 10.5. The van der Waals surface area contributed by atoms with Crippen LogP contribution in [-0.2, 0) is 0 Å². The first kappa shape index (κ1) is 26.6. The summed E-state index contributed by atoms with van der Waals surface area (Å²) in [5, 5.41) is 0. The highest BCUT2D eigenvalue weighted by Gasteiger charge is 2.35. The third-order valence-corrected chi connectivity index (χ3v) is 5.22. The van der Waals surface area contributed by atoms with Crippen LogP contribution in [0.5, 0.6) is 34.5 Å². The minimum atomic E-state index is -2.38. The van der Waals surface area contributed by atoms with Gasteiger partial charge in [-0.05, 0) is 24.3 Å². The van der Waals surface area contributed by atoms with Gasteiger partial charge in [-0.2, -0.15) is 17.6 Å². The molecule has 0 aliphatic carbocycles. The van der Waals surface area contributed by atoms with E-state index in [1.54, 1.807) is 0 Å². The van der Waals surface area contributed by atoms with Crippen molar-refractivity contribution in [1.29, 1.82) is 0 Å². The van der Waals surface area contributed by atoms with Crippen LogP contribution in [0.3, 0.4) is 0 Å². The molecule has 0 aromatic heterocycles. The van der Waals surface area contributed by atoms with Crippen molar-refractivity contribution in [1.82, 2.24) is 0 Å². The second-order valence-corrected chi connectivity index (χ2v) is 7.48. The Hall–Kier alpha value is -4.48. The summed E-state index contributed by atoms with van der Waals surface area (Å²) in [7, 11) is 2.53. The molecular formula is C26H14F8O4. The third-order valence-electron chi connectivity index (χ3n) is 5.22. The predicted octanol–water partition coefficient (Wildman–Crippen LogP) is 8.07. The lowest BCUT2D eigenvalue weighted by Gasteiger charge is -2.16. The number of hydrogen-bond donors (Lipinski definition) is 0. The van der Waals surface area contributed by atoms with Crippen molar-refractivity contribution < 1.29 is 54.1 Å². The molecule has 0 spiro atoms. The van der Waals surface area contributed by atoms with Crippen LogP contribution < -0.4 is 18.9 Å². The van der Waals surface area contributed by atoms with E-state index in [1.165, 1.54) is 38.5 Å². The quantitative estimate of drug-likeness (QED) is 0.175. The third kappa shape index (κ3) is 4.64. The molecule has 0 aliphatic rings. The molecule has 4 aromatic carbocycles. The highest BCUT2D eigenvalue weighted by Crippen LogP contribution is 2.43. The van der Waals surface area contributed by atoms with Crippen LogP contribution in [0.25, 0.3) is 11.1 Å². The average Bonchev–Trinajstić information content (AvgIpc) is 2.93. The van der Waals surface area contributed by atoms with E-state index in [1.807, 2.05) is 0 Å². The molecule has 0 fully saturated rings. The van der Waals surface area contributed by atoms with E-state index in [0.29, 0.717) is 0 Å². The number of ether oxygens (including phenoxy) is 4. The average molecular weight is 542 g/mol. The summed E-state index contributed by atoms with van der Waals surface area (Å²) < 4.78 is 138. The zero-order valence-electron chi connectivity index (χ0n) is 19.3. The van der Waals surface area contributed by atoms with Crippen molar-refractivity contribution in [2.45, 2.75) is 0 Å². The van der Waals surface area contributed by atoms with Gasteiger partial charge < -0.3 is 18.9 Å². The van der Waals surface area contributed by atoms with Gasteiger partial charge in [0, 0.05) is 12.1 Å². The molecule has 0 bridgehead atoms. The molecule has 4 nitrogen and oxygen atoms in total. The molecule has 198 valence electrons. The van der Waals surface area contributed by atoms with Crippen LogP contribution in [0.15, 0.2) is 48.5 Å². The smallest absolute Gasteiger partial charge is 0.205 e. The predicted molar refractivity (Wildman–Crippen MR) is 118 cm³/mol. The van der Waals surface area contributed by atoms with Crippen molar-refractivity contribution in [2.75, 3.05) is 14.2 Å². The molecule has 0 saturated heterocycles. The number of methoxy groups -OCH3 is 2. The Labute approximate surface area is 209 Å². The standard InChI is InChI=1S/C26H14F8O4/c1-35-11-5-3-7-13(9-11)37-25-21(31)17(27)15(18(28)22(25)32)16-19(29)23(33)26(24(34)20(16)30)38-14-8-4-6-12(10-14)36-2/h3-10H,1-2H3. The molecule has 0 unspecified atom stereocenters. The van der Waals surface area contributed by atoms with E-state index in [4.69, 9.17) is 18.9 Å². The van der Waals surface area contributed by atoms with Gasteiger partial charge in [-0.15, -0.1) is 0 Å². The molecule has 0 radical (unpaired) electrons. The zero-order valence-corrected chi connectivity index (χ0v) is 19.3. The Balaban J connectivity index is 1.84. The summed E-state index contributed by atoms with van der Waals surface area (Å²) in [4.78, 5) is 0. The van der Waals surface area contributed by atoms with Crippen LogP contribution in [-0.4, -0.2) is 14.2 Å².